The summed E-state index contributed by atoms with van der Waals surface area (Å²) < 4.78 is 10.9. The molecule has 1 aliphatic heterocycles. The molecule has 4 nitrogen and oxygen atoms in total. The monoisotopic (exact) mass is 301 g/mol. The number of carbonyl (C=O) groups is 1. The fraction of sp³-hybridized carbons (Fsp3) is 0.588. The van der Waals surface area contributed by atoms with Crippen molar-refractivity contribution in [1.29, 1.82) is 0 Å². The van der Waals surface area contributed by atoms with Crippen molar-refractivity contribution >= 4 is 25.0 Å². The molecular weight excluding hydrogens is 277 g/mol. The molecule has 22 heavy (non-hydrogen) atoms. The lowest BCUT2D eigenvalue weighted by Crippen LogP contribution is -2.38. The van der Waals surface area contributed by atoms with Crippen molar-refractivity contribution in [2.75, 3.05) is 24.6 Å². The van der Waals surface area contributed by atoms with Gasteiger partial charge in [0, 0.05) is 18.8 Å². The van der Waals surface area contributed by atoms with Crippen LogP contribution in [0.2, 0.25) is 0 Å². The molecule has 2 radical (unpaired) electrons. The third-order valence-corrected chi connectivity index (χ3v) is 3.56. The standard InChI is InChI=1S/C17H24BNO3/c1-17(2,3)22-16(20)12-21-15-8-10-19(11-9-15)14-6-4-13(18)5-7-14/h4-7,15H,8-12H2,1-3H3. The average molecular weight is 301 g/mol. The van der Waals surface area contributed by atoms with Gasteiger partial charge >= 0.3 is 5.97 Å². The Kier molecular flexibility index (Phi) is 5.51. The summed E-state index contributed by atoms with van der Waals surface area (Å²) in [5, 5.41) is 0. The maximum absolute atomic E-state index is 11.6. The van der Waals surface area contributed by atoms with E-state index in [0.29, 0.717) is 0 Å². The van der Waals surface area contributed by atoms with Gasteiger partial charge < -0.3 is 14.4 Å². The molecule has 1 heterocycles. The van der Waals surface area contributed by atoms with Gasteiger partial charge in [0.25, 0.3) is 0 Å². The zero-order valence-electron chi connectivity index (χ0n) is 13.7. The second kappa shape index (κ2) is 7.18. The molecule has 0 unspecified atom stereocenters. The molecule has 1 saturated heterocycles. The third-order valence-electron chi connectivity index (χ3n) is 3.56. The number of hydrogen-bond acceptors (Lipinski definition) is 4. The summed E-state index contributed by atoms with van der Waals surface area (Å²) in [6.07, 6.45) is 1.94. The van der Waals surface area contributed by atoms with Crippen molar-refractivity contribution in [3.05, 3.63) is 24.3 Å². The van der Waals surface area contributed by atoms with Gasteiger partial charge in [0.05, 0.1) is 6.10 Å². The van der Waals surface area contributed by atoms with Crippen LogP contribution in [0.25, 0.3) is 0 Å². The predicted octanol–water partition coefficient (Wildman–Crippen LogP) is 1.81. The van der Waals surface area contributed by atoms with Gasteiger partial charge in [-0.1, -0.05) is 17.6 Å². The number of ether oxygens (including phenoxy) is 2. The number of rotatable bonds is 4. The van der Waals surface area contributed by atoms with E-state index in [1.807, 2.05) is 45.0 Å². The Morgan fingerprint density at radius 1 is 1.23 bits per heavy atom. The molecule has 1 aromatic rings. The van der Waals surface area contributed by atoms with Crippen LogP contribution in [0, 0.1) is 0 Å². The van der Waals surface area contributed by atoms with E-state index in [1.165, 1.54) is 5.69 Å². The van der Waals surface area contributed by atoms with E-state index in [2.05, 4.69) is 4.90 Å². The van der Waals surface area contributed by atoms with Gasteiger partial charge in [0.1, 0.15) is 20.1 Å². The van der Waals surface area contributed by atoms with Crippen molar-refractivity contribution in [2.24, 2.45) is 0 Å². The van der Waals surface area contributed by atoms with E-state index in [4.69, 9.17) is 17.3 Å². The summed E-state index contributed by atoms with van der Waals surface area (Å²) >= 11 is 0. The van der Waals surface area contributed by atoms with Crippen LogP contribution in [0.1, 0.15) is 33.6 Å². The van der Waals surface area contributed by atoms with Crippen LogP contribution in [0.3, 0.4) is 0 Å². The quantitative estimate of drug-likeness (QED) is 0.628. The summed E-state index contributed by atoms with van der Waals surface area (Å²) in [7, 11) is 5.71. The Morgan fingerprint density at radius 3 is 2.36 bits per heavy atom. The van der Waals surface area contributed by atoms with Gasteiger partial charge in [0.2, 0.25) is 0 Å². The molecule has 0 bridgehead atoms. The first kappa shape index (κ1) is 16.9. The lowest BCUT2D eigenvalue weighted by Gasteiger charge is -2.33. The summed E-state index contributed by atoms with van der Waals surface area (Å²) in [6.45, 7) is 7.44. The van der Waals surface area contributed by atoms with Gasteiger partial charge in [-0.15, -0.1) is 0 Å². The first-order valence-corrected chi connectivity index (χ1v) is 7.77. The molecule has 1 fully saturated rings. The Bertz CT molecular complexity index is 488. The fourth-order valence-corrected chi connectivity index (χ4v) is 2.52. The predicted molar refractivity (Wildman–Crippen MR) is 88.9 cm³/mol. The number of hydrogen-bond donors (Lipinski definition) is 0. The minimum atomic E-state index is -0.459. The van der Waals surface area contributed by atoms with E-state index >= 15 is 0 Å². The largest absolute Gasteiger partial charge is 0.458 e. The molecule has 5 heteroatoms. The SMILES string of the molecule is [B]c1ccc(N2CCC(OCC(=O)OC(C)(C)C)CC2)cc1. The van der Waals surface area contributed by atoms with Crippen molar-refractivity contribution in [3.63, 3.8) is 0 Å². The van der Waals surface area contributed by atoms with Crippen LogP contribution in [0.5, 0.6) is 0 Å². The first-order chi connectivity index (χ1) is 10.3. The van der Waals surface area contributed by atoms with E-state index in [9.17, 15) is 4.79 Å². The summed E-state index contributed by atoms with van der Waals surface area (Å²) in [5.41, 5.74) is 1.50. The normalized spacial score (nSPS) is 16.6. The van der Waals surface area contributed by atoms with Crippen LogP contribution in [0.4, 0.5) is 5.69 Å². The Morgan fingerprint density at radius 2 is 1.82 bits per heavy atom. The Labute approximate surface area is 134 Å². The van der Waals surface area contributed by atoms with Crippen LogP contribution < -0.4 is 10.4 Å². The lowest BCUT2D eigenvalue weighted by molar-refractivity contribution is -0.162. The van der Waals surface area contributed by atoms with Gasteiger partial charge in [0.15, 0.2) is 0 Å². The zero-order valence-corrected chi connectivity index (χ0v) is 13.7. The zero-order chi connectivity index (χ0) is 16.2. The second-order valence-electron chi connectivity index (χ2n) is 6.68. The van der Waals surface area contributed by atoms with Gasteiger partial charge in [-0.25, -0.2) is 4.79 Å². The number of esters is 1. The van der Waals surface area contributed by atoms with E-state index in [-0.39, 0.29) is 18.7 Å². The fourth-order valence-electron chi connectivity index (χ4n) is 2.52. The van der Waals surface area contributed by atoms with E-state index in [1.54, 1.807) is 0 Å². The first-order valence-electron chi connectivity index (χ1n) is 7.77. The van der Waals surface area contributed by atoms with Crippen molar-refractivity contribution in [3.8, 4) is 0 Å². The molecule has 0 amide bonds. The molecular formula is C17H24BNO3. The smallest absolute Gasteiger partial charge is 0.332 e. The Hall–Kier alpha value is -1.49. The molecule has 0 spiro atoms. The highest BCUT2D eigenvalue weighted by molar-refractivity contribution is 6.32. The highest BCUT2D eigenvalue weighted by atomic mass is 16.6. The number of anilines is 1. The van der Waals surface area contributed by atoms with Crippen LogP contribution in [-0.4, -0.2) is 45.2 Å². The molecule has 0 N–H and O–H groups in total. The minimum Gasteiger partial charge on any atom is -0.458 e. The number of benzene rings is 1. The highest BCUT2D eigenvalue weighted by Gasteiger charge is 2.22. The third kappa shape index (κ3) is 5.37. The maximum atomic E-state index is 11.6. The molecule has 118 valence electrons. The number of nitrogens with zero attached hydrogens (tertiary/aromatic N) is 1. The van der Waals surface area contributed by atoms with Crippen LogP contribution >= 0.6 is 0 Å². The molecule has 0 saturated carbocycles. The molecule has 1 aliphatic rings. The van der Waals surface area contributed by atoms with Crippen LogP contribution in [-0.2, 0) is 14.3 Å². The summed E-state index contributed by atoms with van der Waals surface area (Å²) in [6, 6.07) is 7.91. The summed E-state index contributed by atoms with van der Waals surface area (Å²) in [5.74, 6) is -0.298. The highest BCUT2D eigenvalue weighted by Crippen LogP contribution is 2.20. The molecule has 0 aromatic heterocycles. The number of carbonyl (C=O) groups excluding carboxylic acids is 1. The summed E-state index contributed by atoms with van der Waals surface area (Å²) in [4.78, 5) is 14.0. The molecule has 1 aromatic carbocycles. The molecule has 0 aliphatic carbocycles. The average Bonchev–Trinajstić information content (AvgIpc) is 2.45. The van der Waals surface area contributed by atoms with Crippen molar-refractivity contribution in [2.45, 2.75) is 45.3 Å². The van der Waals surface area contributed by atoms with Crippen LogP contribution in [0.15, 0.2) is 24.3 Å². The van der Waals surface area contributed by atoms with E-state index in [0.717, 1.165) is 31.4 Å². The van der Waals surface area contributed by atoms with Gasteiger partial charge in [-0.3, -0.25) is 0 Å². The van der Waals surface area contributed by atoms with Crippen molar-refractivity contribution < 1.29 is 14.3 Å². The lowest BCUT2D eigenvalue weighted by atomic mass is 9.96. The molecule has 0 atom stereocenters. The van der Waals surface area contributed by atoms with E-state index < -0.39 is 5.60 Å². The van der Waals surface area contributed by atoms with Crippen molar-refractivity contribution in [1.82, 2.24) is 0 Å². The van der Waals surface area contributed by atoms with Gasteiger partial charge in [-0.2, -0.15) is 0 Å². The maximum Gasteiger partial charge on any atom is 0.332 e. The minimum absolute atomic E-state index is 0.0316. The molecule has 2 rings (SSSR count). The topological polar surface area (TPSA) is 38.8 Å². The Balaban J connectivity index is 1.73. The second-order valence-corrected chi connectivity index (χ2v) is 6.68. The number of piperidine rings is 1. The van der Waals surface area contributed by atoms with Gasteiger partial charge in [-0.05, 0) is 45.7 Å².